The van der Waals surface area contributed by atoms with E-state index in [9.17, 15) is 0 Å². The van der Waals surface area contributed by atoms with Gasteiger partial charge in [0.2, 0.25) is 0 Å². The minimum atomic E-state index is 0.500. The van der Waals surface area contributed by atoms with Crippen molar-refractivity contribution in [3.63, 3.8) is 0 Å². The third-order valence-electron chi connectivity index (χ3n) is 3.72. The van der Waals surface area contributed by atoms with Crippen LogP contribution >= 0.6 is 11.6 Å². The molecule has 0 N–H and O–H groups in total. The van der Waals surface area contributed by atoms with Crippen LogP contribution in [-0.4, -0.2) is 4.98 Å². The molecule has 0 spiro atoms. The maximum Gasteiger partial charge on any atom is 0.129 e. The maximum atomic E-state index is 5.98. The third kappa shape index (κ3) is 4.33. The Labute approximate surface area is 142 Å². The van der Waals surface area contributed by atoms with Crippen LogP contribution in [0.4, 0.5) is 5.82 Å². The highest BCUT2D eigenvalue weighted by atomic mass is 35.5. The molecule has 0 saturated carbocycles. The van der Waals surface area contributed by atoms with Crippen LogP contribution in [-0.2, 0) is 19.0 Å². The summed E-state index contributed by atoms with van der Waals surface area (Å²) >= 11 is 5.98. The minimum absolute atomic E-state index is 0.500. The smallest absolute Gasteiger partial charge is 0.129 e. The quantitative estimate of drug-likeness (QED) is 0.592. The van der Waals surface area contributed by atoms with Gasteiger partial charge < -0.3 is 4.90 Å². The second-order valence-electron chi connectivity index (χ2n) is 5.48. The SMILES string of the molecule is ClCc1ccnc(N(Cc2ccccc2)Cc2ccccc2)c1. The van der Waals surface area contributed by atoms with Crippen molar-refractivity contribution in [1.29, 1.82) is 0 Å². The lowest BCUT2D eigenvalue weighted by molar-refractivity contribution is 0.782. The monoisotopic (exact) mass is 322 g/mol. The largest absolute Gasteiger partial charge is 0.348 e. The highest BCUT2D eigenvalue weighted by Gasteiger charge is 2.10. The average Bonchev–Trinajstić information content (AvgIpc) is 2.63. The van der Waals surface area contributed by atoms with E-state index in [1.165, 1.54) is 11.1 Å². The number of benzene rings is 2. The molecule has 2 aromatic carbocycles. The molecule has 3 heteroatoms. The van der Waals surface area contributed by atoms with Crippen molar-refractivity contribution >= 4 is 17.4 Å². The van der Waals surface area contributed by atoms with E-state index in [1.807, 2.05) is 24.4 Å². The highest BCUT2D eigenvalue weighted by molar-refractivity contribution is 6.17. The van der Waals surface area contributed by atoms with Gasteiger partial charge in [0.15, 0.2) is 0 Å². The molecule has 0 aliphatic rings. The van der Waals surface area contributed by atoms with Crippen molar-refractivity contribution in [3.05, 3.63) is 95.7 Å². The van der Waals surface area contributed by atoms with Crippen LogP contribution in [0.15, 0.2) is 79.0 Å². The Kier molecular flexibility index (Phi) is 5.28. The zero-order valence-corrected chi connectivity index (χ0v) is 13.7. The Balaban J connectivity index is 1.88. The fraction of sp³-hybridized carbons (Fsp3) is 0.150. The lowest BCUT2D eigenvalue weighted by atomic mass is 10.1. The molecule has 0 aliphatic carbocycles. The first-order valence-electron chi connectivity index (χ1n) is 7.69. The standard InChI is InChI=1S/C20H19ClN2/c21-14-19-11-12-22-20(13-19)23(15-17-7-3-1-4-8-17)16-18-9-5-2-6-10-18/h1-13H,14-16H2. The summed E-state index contributed by atoms with van der Waals surface area (Å²) in [6.07, 6.45) is 1.83. The summed E-state index contributed by atoms with van der Waals surface area (Å²) in [5.41, 5.74) is 3.62. The molecule has 0 radical (unpaired) electrons. The number of pyridine rings is 1. The third-order valence-corrected chi connectivity index (χ3v) is 4.03. The van der Waals surface area contributed by atoms with Gasteiger partial charge in [-0.05, 0) is 28.8 Å². The fourth-order valence-electron chi connectivity index (χ4n) is 2.54. The topological polar surface area (TPSA) is 16.1 Å². The second kappa shape index (κ2) is 7.80. The molecular formula is C20H19ClN2. The molecule has 0 amide bonds. The van der Waals surface area contributed by atoms with E-state index in [1.54, 1.807) is 0 Å². The molecule has 0 saturated heterocycles. The molecule has 3 rings (SSSR count). The lowest BCUT2D eigenvalue weighted by Gasteiger charge is -2.24. The predicted molar refractivity (Wildman–Crippen MR) is 96.6 cm³/mol. The summed E-state index contributed by atoms with van der Waals surface area (Å²) in [6, 6.07) is 24.9. The summed E-state index contributed by atoms with van der Waals surface area (Å²) in [4.78, 5) is 6.83. The van der Waals surface area contributed by atoms with Crippen molar-refractivity contribution < 1.29 is 0 Å². The Bertz CT molecular complexity index is 687. The van der Waals surface area contributed by atoms with E-state index in [-0.39, 0.29) is 0 Å². The number of aromatic nitrogens is 1. The molecule has 116 valence electrons. The summed E-state index contributed by atoms with van der Waals surface area (Å²) in [7, 11) is 0. The van der Waals surface area contributed by atoms with Gasteiger partial charge in [-0.1, -0.05) is 60.7 Å². The van der Waals surface area contributed by atoms with Crippen molar-refractivity contribution in [2.75, 3.05) is 4.90 Å². The molecule has 23 heavy (non-hydrogen) atoms. The van der Waals surface area contributed by atoms with Crippen molar-refractivity contribution in [2.45, 2.75) is 19.0 Å². The number of hydrogen-bond acceptors (Lipinski definition) is 2. The van der Waals surface area contributed by atoms with Gasteiger partial charge in [-0.3, -0.25) is 0 Å². The number of anilines is 1. The molecule has 0 unspecified atom stereocenters. The van der Waals surface area contributed by atoms with E-state index in [4.69, 9.17) is 11.6 Å². The van der Waals surface area contributed by atoms with Crippen LogP contribution in [0, 0.1) is 0 Å². The van der Waals surface area contributed by atoms with Gasteiger partial charge in [-0.15, -0.1) is 11.6 Å². The molecule has 0 atom stereocenters. The van der Waals surface area contributed by atoms with Gasteiger partial charge in [-0.25, -0.2) is 4.98 Å². The van der Waals surface area contributed by atoms with Crippen LogP contribution in [0.2, 0.25) is 0 Å². The normalized spacial score (nSPS) is 10.5. The summed E-state index contributed by atoms with van der Waals surface area (Å²) in [6.45, 7) is 1.63. The van der Waals surface area contributed by atoms with Crippen molar-refractivity contribution in [1.82, 2.24) is 4.98 Å². The number of halogens is 1. The first kappa shape index (κ1) is 15.6. The number of rotatable bonds is 6. The number of alkyl halides is 1. The predicted octanol–water partition coefficient (Wildman–Crippen LogP) is 5.03. The summed E-state index contributed by atoms with van der Waals surface area (Å²) in [5.74, 6) is 1.45. The van der Waals surface area contributed by atoms with Gasteiger partial charge >= 0.3 is 0 Å². The van der Waals surface area contributed by atoms with Gasteiger partial charge in [0, 0.05) is 25.2 Å². The summed E-state index contributed by atoms with van der Waals surface area (Å²) in [5, 5.41) is 0. The minimum Gasteiger partial charge on any atom is -0.348 e. The van der Waals surface area contributed by atoms with E-state index in [0.29, 0.717) is 5.88 Å². The molecule has 1 heterocycles. The van der Waals surface area contributed by atoms with Crippen LogP contribution in [0.25, 0.3) is 0 Å². The first-order chi connectivity index (χ1) is 11.3. The van der Waals surface area contributed by atoms with Crippen LogP contribution in [0.1, 0.15) is 16.7 Å². The van der Waals surface area contributed by atoms with E-state index >= 15 is 0 Å². The Morgan fingerprint density at radius 1 is 0.739 bits per heavy atom. The summed E-state index contributed by atoms with van der Waals surface area (Å²) < 4.78 is 0. The molecular weight excluding hydrogens is 304 g/mol. The Morgan fingerprint density at radius 3 is 1.83 bits per heavy atom. The van der Waals surface area contributed by atoms with Crippen molar-refractivity contribution in [2.24, 2.45) is 0 Å². The van der Waals surface area contributed by atoms with Crippen LogP contribution in [0.5, 0.6) is 0 Å². The number of nitrogens with zero attached hydrogens (tertiary/aromatic N) is 2. The van der Waals surface area contributed by atoms with E-state index in [0.717, 1.165) is 24.5 Å². The van der Waals surface area contributed by atoms with Gasteiger partial charge in [0.1, 0.15) is 5.82 Å². The Hall–Kier alpha value is -2.32. The van der Waals surface area contributed by atoms with Gasteiger partial charge in [0.05, 0.1) is 0 Å². The average molecular weight is 323 g/mol. The molecule has 2 nitrogen and oxygen atoms in total. The zero-order chi connectivity index (χ0) is 15.9. The molecule has 0 fully saturated rings. The highest BCUT2D eigenvalue weighted by Crippen LogP contribution is 2.20. The molecule has 3 aromatic rings. The first-order valence-corrected chi connectivity index (χ1v) is 8.22. The van der Waals surface area contributed by atoms with E-state index in [2.05, 4.69) is 64.5 Å². The van der Waals surface area contributed by atoms with Crippen LogP contribution in [0.3, 0.4) is 0 Å². The van der Waals surface area contributed by atoms with Gasteiger partial charge in [-0.2, -0.15) is 0 Å². The Morgan fingerprint density at radius 2 is 1.30 bits per heavy atom. The fourth-order valence-corrected chi connectivity index (χ4v) is 2.71. The molecule has 0 aliphatic heterocycles. The zero-order valence-electron chi connectivity index (χ0n) is 12.9. The van der Waals surface area contributed by atoms with Crippen molar-refractivity contribution in [3.8, 4) is 0 Å². The second-order valence-corrected chi connectivity index (χ2v) is 5.75. The maximum absolute atomic E-state index is 5.98. The number of hydrogen-bond donors (Lipinski definition) is 0. The molecule has 1 aromatic heterocycles. The molecule has 0 bridgehead atoms. The van der Waals surface area contributed by atoms with Gasteiger partial charge in [0.25, 0.3) is 0 Å². The van der Waals surface area contributed by atoms with E-state index < -0.39 is 0 Å². The van der Waals surface area contributed by atoms with Crippen LogP contribution < -0.4 is 4.90 Å². The lowest BCUT2D eigenvalue weighted by Crippen LogP contribution is -2.23.